The molecule has 0 spiro atoms. The Morgan fingerprint density at radius 3 is 2.73 bits per heavy atom. The molecule has 2 aliphatic rings. The Morgan fingerprint density at radius 1 is 1.12 bits per heavy atom. The summed E-state index contributed by atoms with van der Waals surface area (Å²) in [6.45, 7) is 6.49. The van der Waals surface area contributed by atoms with Crippen molar-refractivity contribution in [2.24, 2.45) is 11.8 Å². The largest absolute Gasteiger partial charge is 0.497 e. The van der Waals surface area contributed by atoms with Gasteiger partial charge in [-0.3, -0.25) is 0 Å². The van der Waals surface area contributed by atoms with Crippen molar-refractivity contribution in [1.29, 1.82) is 0 Å². The molecule has 33 heavy (non-hydrogen) atoms. The average Bonchev–Trinajstić information content (AvgIpc) is 2.81. The van der Waals surface area contributed by atoms with Gasteiger partial charge in [0.05, 0.1) is 13.2 Å². The van der Waals surface area contributed by atoms with Crippen molar-refractivity contribution in [3.05, 3.63) is 77.7 Å². The van der Waals surface area contributed by atoms with Crippen LogP contribution in [0, 0.1) is 18.8 Å². The number of benzene rings is 1. The number of nitrogens with zero attached hydrogens (tertiary/aromatic N) is 4. The molecule has 4 rings (SSSR count). The quantitative estimate of drug-likeness (QED) is 0.596. The number of aryl methyl sites for hydroxylation is 1. The fraction of sp³-hybridized carbons (Fsp3) is 0.346. The molecule has 0 saturated heterocycles. The summed E-state index contributed by atoms with van der Waals surface area (Å²) >= 11 is 0. The molecule has 1 aromatic carbocycles. The highest BCUT2D eigenvalue weighted by atomic mass is 16.5. The Bertz CT molecular complexity index is 1120. The number of nitrogens with one attached hydrogen (secondary N) is 2. The lowest BCUT2D eigenvalue weighted by molar-refractivity contribution is 0.303. The fourth-order valence-corrected chi connectivity index (χ4v) is 3.86. The summed E-state index contributed by atoms with van der Waals surface area (Å²) in [6.07, 6.45) is 13.3. The molecule has 0 fully saturated rings. The van der Waals surface area contributed by atoms with Crippen LogP contribution in [0.1, 0.15) is 25.8 Å². The van der Waals surface area contributed by atoms with Gasteiger partial charge in [-0.1, -0.05) is 44.2 Å². The number of ether oxygens (including phenoxy) is 1. The van der Waals surface area contributed by atoms with Gasteiger partial charge in [-0.15, -0.1) is 0 Å². The van der Waals surface area contributed by atoms with Gasteiger partial charge < -0.3 is 20.3 Å². The molecule has 0 aliphatic heterocycles. The molecule has 1 heterocycles. The van der Waals surface area contributed by atoms with Crippen LogP contribution >= 0.6 is 0 Å². The molecule has 2 aliphatic carbocycles. The Labute approximate surface area is 196 Å². The third-order valence-electron chi connectivity index (χ3n) is 6.13. The number of allylic oxidation sites excluding steroid dienone is 5. The second kappa shape index (κ2) is 9.90. The maximum Gasteiger partial charge on any atom is 0.236 e. The Balaban J connectivity index is 1.66. The number of rotatable bonds is 7. The summed E-state index contributed by atoms with van der Waals surface area (Å²) in [5.41, 5.74) is 3.29. The lowest BCUT2D eigenvalue weighted by Gasteiger charge is -2.25. The van der Waals surface area contributed by atoms with Gasteiger partial charge in [-0.05, 0) is 55.2 Å². The van der Waals surface area contributed by atoms with E-state index in [0.717, 1.165) is 23.6 Å². The molecule has 172 valence electrons. The highest BCUT2D eigenvalue weighted by molar-refractivity contribution is 5.60. The van der Waals surface area contributed by atoms with E-state index in [-0.39, 0.29) is 6.04 Å². The van der Waals surface area contributed by atoms with Crippen LogP contribution in [-0.2, 0) is 4.74 Å². The second-order valence-electron chi connectivity index (χ2n) is 8.62. The van der Waals surface area contributed by atoms with E-state index in [4.69, 9.17) is 19.7 Å². The summed E-state index contributed by atoms with van der Waals surface area (Å²) in [5, 5.41) is 6.87. The number of aromatic nitrogens is 3. The molecule has 7 heteroatoms. The van der Waals surface area contributed by atoms with Crippen LogP contribution in [0.3, 0.4) is 0 Å². The molecule has 1 aromatic heterocycles. The molecule has 0 bridgehead atoms. The first-order chi connectivity index (χ1) is 15.9. The van der Waals surface area contributed by atoms with Crippen molar-refractivity contribution >= 4 is 23.5 Å². The van der Waals surface area contributed by atoms with Crippen LogP contribution in [0.4, 0.5) is 23.5 Å². The molecule has 2 aromatic rings. The zero-order chi connectivity index (χ0) is 23.4. The van der Waals surface area contributed by atoms with Gasteiger partial charge in [0.1, 0.15) is 5.76 Å². The monoisotopic (exact) mass is 444 g/mol. The Morgan fingerprint density at radius 2 is 1.94 bits per heavy atom. The highest BCUT2D eigenvalue weighted by Gasteiger charge is 2.20. The van der Waals surface area contributed by atoms with E-state index in [1.165, 1.54) is 5.56 Å². The number of hydrogen-bond donors (Lipinski definition) is 2. The summed E-state index contributed by atoms with van der Waals surface area (Å²) < 4.78 is 5.38. The standard InChI is InChI=1S/C26H32N6O/c1-17-9-6-12-21(15-17)32(4)26-30-24(27-20-11-8-13-22(16-20)33-5)29-25(31-26)28-23-14-7-10-18(2)19(23)3/h6-10,12-16,18-20H,11H2,1-5H3,(H2,27,28,29,30,31). The van der Waals surface area contributed by atoms with E-state index in [2.05, 4.69) is 73.9 Å². The first kappa shape index (κ1) is 22.6. The first-order valence-electron chi connectivity index (χ1n) is 11.3. The second-order valence-corrected chi connectivity index (χ2v) is 8.62. The van der Waals surface area contributed by atoms with E-state index in [9.17, 15) is 0 Å². The van der Waals surface area contributed by atoms with Gasteiger partial charge in [-0.25, -0.2) is 0 Å². The van der Waals surface area contributed by atoms with Crippen molar-refractivity contribution in [2.45, 2.75) is 33.2 Å². The smallest absolute Gasteiger partial charge is 0.236 e. The molecule has 3 unspecified atom stereocenters. The normalized spacial score (nSPS) is 21.8. The SMILES string of the molecule is COC1=CC(Nc2nc(NC3=CC=CC(C)C3C)nc(N(C)c3cccc(C)c3)n2)CC=C1. The van der Waals surface area contributed by atoms with E-state index in [1.54, 1.807) is 7.11 Å². The zero-order valence-corrected chi connectivity index (χ0v) is 19.9. The Hall–Kier alpha value is -3.61. The van der Waals surface area contributed by atoms with Gasteiger partial charge >= 0.3 is 0 Å². The first-order valence-corrected chi connectivity index (χ1v) is 11.3. The minimum atomic E-state index is 0.0353. The van der Waals surface area contributed by atoms with E-state index in [1.807, 2.05) is 30.2 Å². The molecule has 0 radical (unpaired) electrons. The lowest BCUT2D eigenvalue weighted by atomic mass is 9.89. The molecule has 0 amide bonds. The van der Waals surface area contributed by atoms with Crippen molar-refractivity contribution in [3.8, 4) is 0 Å². The van der Waals surface area contributed by atoms with Crippen molar-refractivity contribution in [1.82, 2.24) is 15.0 Å². The van der Waals surface area contributed by atoms with Crippen molar-refractivity contribution in [3.63, 3.8) is 0 Å². The lowest BCUT2D eigenvalue weighted by Crippen LogP contribution is -2.24. The number of methoxy groups -OCH3 is 1. The molecule has 3 atom stereocenters. The van der Waals surface area contributed by atoms with E-state index >= 15 is 0 Å². The van der Waals surface area contributed by atoms with Crippen LogP contribution in [0.5, 0.6) is 0 Å². The molecular formula is C26H32N6O. The van der Waals surface area contributed by atoms with Gasteiger partial charge in [-0.2, -0.15) is 15.0 Å². The van der Waals surface area contributed by atoms with Crippen LogP contribution in [0.25, 0.3) is 0 Å². The predicted octanol–water partition coefficient (Wildman–Crippen LogP) is 5.36. The minimum Gasteiger partial charge on any atom is -0.497 e. The van der Waals surface area contributed by atoms with Gasteiger partial charge in [0.25, 0.3) is 0 Å². The molecule has 7 nitrogen and oxygen atoms in total. The highest BCUT2D eigenvalue weighted by Crippen LogP contribution is 2.28. The molecule has 2 N–H and O–H groups in total. The summed E-state index contributed by atoms with van der Waals surface area (Å²) in [4.78, 5) is 16.2. The molecule has 0 saturated carbocycles. The van der Waals surface area contributed by atoms with E-state index < -0.39 is 0 Å². The number of hydrogen-bond acceptors (Lipinski definition) is 7. The van der Waals surface area contributed by atoms with Gasteiger partial charge in [0.15, 0.2) is 0 Å². The van der Waals surface area contributed by atoms with Crippen LogP contribution in [-0.4, -0.2) is 35.2 Å². The number of anilines is 4. The van der Waals surface area contributed by atoms with Crippen molar-refractivity contribution < 1.29 is 4.74 Å². The zero-order valence-electron chi connectivity index (χ0n) is 19.9. The van der Waals surface area contributed by atoms with E-state index in [0.29, 0.717) is 29.7 Å². The fourth-order valence-electron chi connectivity index (χ4n) is 3.86. The van der Waals surface area contributed by atoms with Gasteiger partial charge in [0, 0.05) is 24.4 Å². The minimum absolute atomic E-state index is 0.0353. The van der Waals surface area contributed by atoms with Crippen molar-refractivity contribution in [2.75, 3.05) is 29.7 Å². The maximum atomic E-state index is 5.38. The summed E-state index contributed by atoms with van der Waals surface area (Å²) in [7, 11) is 3.64. The third-order valence-corrected chi connectivity index (χ3v) is 6.13. The Kier molecular flexibility index (Phi) is 6.77. The maximum absolute atomic E-state index is 5.38. The van der Waals surface area contributed by atoms with Crippen LogP contribution in [0.15, 0.2) is 72.2 Å². The van der Waals surface area contributed by atoms with Crippen LogP contribution < -0.4 is 15.5 Å². The third kappa shape index (κ3) is 5.42. The average molecular weight is 445 g/mol. The summed E-state index contributed by atoms with van der Waals surface area (Å²) in [6, 6.07) is 8.31. The summed E-state index contributed by atoms with van der Waals surface area (Å²) in [5.74, 6) is 3.21. The molecular weight excluding hydrogens is 412 g/mol. The predicted molar refractivity (Wildman–Crippen MR) is 135 cm³/mol. The van der Waals surface area contributed by atoms with Gasteiger partial charge in [0.2, 0.25) is 17.8 Å². The van der Waals surface area contributed by atoms with Crippen LogP contribution in [0.2, 0.25) is 0 Å². The topological polar surface area (TPSA) is 75.2 Å².